The van der Waals surface area contributed by atoms with E-state index < -0.39 is 15.6 Å². The molecule has 1 N–H and O–H groups in total. The zero-order valence-corrected chi connectivity index (χ0v) is 11.8. The zero-order chi connectivity index (χ0) is 13.0. The smallest absolute Gasteiger partial charge is 0.214 e. The molecule has 98 valence electrons. The van der Waals surface area contributed by atoms with Gasteiger partial charge >= 0.3 is 0 Å². The number of hydrogen-bond donors (Lipinski definition) is 1. The summed E-state index contributed by atoms with van der Waals surface area (Å²) in [4.78, 5) is 0. The molecule has 0 aliphatic carbocycles. The van der Waals surface area contributed by atoms with E-state index in [9.17, 15) is 13.5 Å². The summed E-state index contributed by atoms with van der Waals surface area (Å²) in [5.74, 6) is 0.326. The van der Waals surface area contributed by atoms with Crippen molar-refractivity contribution in [2.75, 3.05) is 19.3 Å². The first-order chi connectivity index (χ1) is 7.08. The Bertz CT molecular complexity index is 293. The zero-order valence-electron chi connectivity index (χ0n) is 11.0. The van der Waals surface area contributed by atoms with Crippen molar-refractivity contribution in [3.63, 3.8) is 0 Å². The normalized spacial score (nSPS) is 15.4. The van der Waals surface area contributed by atoms with Gasteiger partial charge in [-0.1, -0.05) is 20.3 Å². The van der Waals surface area contributed by atoms with Gasteiger partial charge < -0.3 is 5.11 Å². The van der Waals surface area contributed by atoms with Crippen LogP contribution in [0.25, 0.3) is 0 Å². The molecule has 0 heterocycles. The van der Waals surface area contributed by atoms with Crippen LogP contribution in [0.15, 0.2) is 0 Å². The average Bonchev–Trinajstić information content (AvgIpc) is 1.99. The number of rotatable bonds is 7. The summed E-state index contributed by atoms with van der Waals surface area (Å²) in [6.07, 6.45) is 1.90. The molecule has 1 unspecified atom stereocenters. The molecule has 0 aromatic rings. The van der Waals surface area contributed by atoms with E-state index in [0.717, 1.165) is 12.8 Å². The van der Waals surface area contributed by atoms with Gasteiger partial charge in [-0.25, -0.2) is 12.7 Å². The summed E-state index contributed by atoms with van der Waals surface area (Å²) in [7, 11) is -1.72. The Balaban J connectivity index is 4.43. The summed E-state index contributed by atoms with van der Waals surface area (Å²) in [5, 5.41) is 9.58. The molecule has 0 aromatic carbocycles. The number of likely N-dealkylation sites (N-methyl/N-ethyl adjacent to an activating group) is 1. The molecule has 16 heavy (non-hydrogen) atoms. The fourth-order valence-corrected chi connectivity index (χ4v) is 3.36. The van der Waals surface area contributed by atoms with E-state index >= 15 is 0 Å². The van der Waals surface area contributed by atoms with Gasteiger partial charge in [-0.05, 0) is 26.2 Å². The largest absolute Gasteiger partial charge is 0.389 e. The van der Waals surface area contributed by atoms with Gasteiger partial charge in [-0.2, -0.15) is 0 Å². The number of sulfonamides is 1. The molecular weight excluding hydrogens is 226 g/mol. The SMILES string of the molecule is CCCC(C)CS(=O)(=O)N(C)CC(C)(C)O. The molecule has 0 spiro atoms. The monoisotopic (exact) mass is 251 g/mol. The van der Waals surface area contributed by atoms with Gasteiger partial charge in [0, 0.05) is 13.6 Å². The first-order valence-corrected chi connectivity index (χ1v) is 7.36. The molecule has 0 bridgehead atoms. The van der Waals surface area contributed by atoms with Crippen molar-refractivity contribution in [1.82, 2.24) is 4.31 Å². The van der Waals surface area contributed by atoms with E-state index in [4.69, 9.17) is 0 Å². The van der Waals surface area contributed by atoms with Crippen molar-refractivity contribution in [3.05, 3.63) is 0 Å². The minimum atomic E-state index is -3.24. The maximum absolute atomic E-state index is 11.9. The highest BCUT2D eigenvalue weighted by molar-refractivity contribution is 7.89. The van der Waals surface area contributed by atoms with Crippen LogP contribution in [0.3, 0.4) is 0 Å². The summed E-state index contributed by atoms with van der Waals surface area (Å²) < 4.78 is 25.1. The lowest BCUT2D eigenvalue weighted by atomic mass is 10.1. The standard InChI is InChI=1S/C11H25NO3S/c1-6-7-10(2)8-16(14,15)12(5)9-11(3,4)13/h10,13H,6-9H2,1-5H3. The van der Waals surface area contributed by atoms with Gasteiger partial charge in [0.2, 0.25) is 10.0 Å². The molecular formula is C11H25NO3S. The topological polar surface area (TPSA) is 57.6 Å². The van der Waals surface area contributed by atoms with E-state index in [2.05, 4.69) is 0 Å². The summed E-state index contributed by atoms with van der Waals surface area (Å²) in [6.45, 7) is 7.33. The lowest BCUT2D eigenvalue weighted by molar-refractivity contribution is 0.0639. The van der Waals surface area contributed by atoms with Crippen LogP contribution in [-0.4, -0.2) is 42.8 Å². The predicted octanol–water partition coefficient (Wildman–Crippen LogP) is 1.46. The second-order valence-corrected chi connectivity index (χ2v) is 7.36. The van der Waals surface area contributed by atoms with Crippen LogP contribution in [0.1, 0.15) is 40.5 Å². The number of nitrogens with zero attached hydrogens (tertiary/aromatic N) is 1. The van der Waals surface area contributed by atoms with Gasteiger partial charge in [0.05, 0.1) is 11.4 Å². The van der Waals surface area contributed by atoms with Crippen molar-refractivity contribution in [2.24, 2.45) is 5.92 Å². The molecule has 0 fully saturated rings. The van der Waals surface area contributed by atoms with Crippen LogP contribution in [0.2, 0.25) is 0 Å². The Labute approximate surface area is 99.7 Å². The lowest BCUT2D eigenvalue weighted by Gasteiger charge is -2.26. The second kappa shape index (κ2) is 5.98. The van der Waals surface area contributed by atoms with Crippen molar-refractivity contribution in [1.29, 1.82) is 0 Å². The Kier molecular flexibility index (Phi) is 5.93. The minimum absolute atomic E-state index is 0.133. The number of aliphatic hydroxyl groups is 1. The Hall–Kier alpha value is -0.130. The fourth-order valence-electron chi connectivity index (χ4n) is 1.71. The predicted molar refractivity (Wildman–Crippen MR) is 66.8 cm³/mol. The highest BCUT2D eigenvalue weighted by Crippen LogP contribution is 2.13. The lowest BCUT2D eigenvalue weighted by Crippen LogP contribution is -2.41. The number of hydrogen-bond acceptors (Lipinski definition) is 3. The van der Waals surface area contributed by atoms with Crippen LogP contribution in [0, 0.1) is 5.92 Å². The van der Waals surface area contributed by atoms with E-state index in [1.54, 1.807) is 13.8 Å². The molecule has 5 heteroatoms. The van der Waals surface area contributed by atoms with Gasteiger partial charge in [0.1, 0.15) is 0 Å². The first kappa shape index (κ1) is 15.9. The maximum atomic E-state index is 11.9. The molecule has 0 aliphatic rings. The van der Waals surface area contributed by atoms with Gasteiger partial charge in [-0.15, -0.1) is 0 Å². The van der Waals surface area contributed by atoms with Crippen LogP contribution >= 0.6 is 0 Å². The van der Waals surface area contributed by atoms with E-state index in [1.807, 2.05) is 13.8 Å². The van der Waals surface area contributed by atoms with Gasteiger partial charge in [-0.3, -0.25) is 0 Å². The van der Waals surface area contributed by atoms with Crippen molar-refractivity contribution in [2.45, 2.75) is 46.1 Å². The van der Waals surface area contributed by atoms with Crippen LogP contribution in [0.4, 0.5) is 0 Å². The summed E-state index contributed by atoms with van der Waals surface area (Å²) in [6, 6.07) is 0. The Morgan fingerprint density at radius 1 is 1.38 bits per heavy atom. The Morgan fingerprint density at radius 3 is 2.25 bits per heavy atom. The molecule has 0 rings (SSSR count). The summed E-state index contributed by atoms with van der Waals surface area (Å²) in [5.41, 5.74) is -0.990. The van der Waals surface area contributed by atoms with Crippen molar-refractivity contribution < 1.29 is 13.5 Å². The third-order valence-corrected chi connectivity index (χ3v) is 4.43. The van der Waals surface area contributed by atoms with Crippen molar-refractivity contribution >= 4 is 10.0 Å². The van der Waals surface area contributed by atoms with Crippen LogP contribution in [0.5, 0.6) is 0 Å². The third kappa shape index (κ3) is 6.45. The second-order valence-electron chi connectivity index (χ2n) is 5.24. The Morgan fingerprint density at radius 2 is 1.88 bits per heavy atom. The molecule has 0 aliphatic heterocycles. The molecule has 1 atom stereocenters. The molecule has 0 amide bonds. The van der Waals surface area contributed by atoms with Crippen LogP contribution < -0.4 is 0 Å². The molecule has 4 nitrogen and oxygen atoms in total. The van der Waals surface area contributed by atoms with Crippen molar-refractivity contribution in [3.8, 4) is 0 Å². The molecule has 0 saturated heterocycles. The van der Waals surface area contributed by atoms with E-state index in [0.29, 0.717) is 0 Å². The van der Waals surface area contributed by atoms with E-state index in [1.165, 1.54) is 11.4 Å². The van der Waals surface area contributed by atoms with Gasteiger partial charge in [0.15, 0.2) is 0 Å². The quantitative estimate of drug-likeness (QED) is 0.745. The van der Waals surface area contributed by atoms with E-state index in [-0.39, 0.29) is 18.2 Å². The fraction of sp³-hybridized carbons (Fsp3) is 1.00. The molecule has 0 radical (unpaired) electrons. The maximum Gasteiger partial charge on any atom is 0.214 e. The van der Waals surface area contributed by atoms with Crippen LogP contribution in [-0.2, 0) is 10.0 Å². The first-order valence-electron chi connectivity index (χ1n) is 5.75. The molecule has 0 saturated carbocycles. The molecule has 0 aromatic heterocycles. The highest BCUT2D eigenvalue weighted by atomic mass is 32.2. The van der Waals surface area contributed by atoms with Gasteiger partial charge in [0.25, 0.3) is 0 Å². The highest BCUT2D eigenvalue weighted by Gasteiger charge is 2.25. The minimum Gasteiger partial charge on any atom is -0.389 e. The average molecular weight is 251 g/mol. The third-order valence-electron chi connectivity index (χ3n) is 2.36. The summed E-state index contributed by atoms with van der Waals surface area (Å²) >= 11 is 0.